The van der Waals surface area contributed by atoms with Gasteiger partial charge in [0.2, 0.25) is 0 Å². The van der Waals surface area contributed by atoms with Crippen molar-refractivity contribution in [3.63, 3.8) is 0 Å². The van der Waals surface area contributed by atoms with Gasteiger partial charge in [0, 0.05) is 0 Å². The van der Waals surface area contributed by atoms with E-state index in [1.807, 2.05) is 19.1 Å². The first-order valence-corrected chi connectivity index (χ1v) is 8.20. The molecule has 2 heterocycles. The van der Waals surface area contributed by atoms with Crippen LogP contribution in [-0.4, -0.2) is 9.55 Å². The number of fused-ring (bicyclic) bond motifs is 1. The van der Waals surface area contributed by atoms with Crippen molar-refractivity contribution < 1.29 is 0 Å². The standard InChI is InChI=1S/C18H21N3O2/c1-11-5-3-4-6-12(11)14-8-7-13-15(19-14)20-17(23)21(16(13)22)18(2)9-10-18/h3-6,14,19H,7-10H2,1-2H3,(H,20,23)/t14-/m1/s1. The number of anilines is 1. The van der Waals surface area contributed by atoms with Crippen LogP contribution in [0.1, 0.15) is 48.9 Å². The van der Waals surface area contributed by atoms with Crippen molar-refractivity contribution in [2.24, 2.45) is 0 Å². The summed E-state index contributed by atoms with van der Waals surface area (Å²) in [5.74, 6) is 0.597. The minimum Gasteiger partial charge on any atom is -0.364 e. The summed E-state index contributed by atoms with van der Waals surface area (Å²) >= 11 is 0. The molecular formula is C18H21N3O2. The Morgan fingerprint density at radius 1 is 1.22 bits per heavy atom. The van der Waals surface area contributed by atoms with Gasteiger partial charge in [-0.15, -0.1) is 0 Å². The summed E-state index contributed by atoms with van der Waals surface area (Å²) < 4.78 is 1.42. The van der Waals surface area contributed by atoms with Crippen molar-refractivity contribution in [3.8, 4) is 0 Å². The molecule has 2 N–H and O–H groups in total. The summed E-state index contributed by atoms with van der Waals surface area (Å²) in [6.45, 7) is 4.06. The Bertz CT molecular complexity index is 890. The minimum atomic E-state index is -0.299. The minimum absolute atomic E-state index is 0.125. The third-order valence-corrected chi connectivity index (χ3v) is 5.28. The highest BCUT2D eigenvalue weighted by Gasteiger charge is 2.42. The van der Waals surface area contributed by atoms with Crippen LogP contribution in [0.3, 0.4) is 0 Å². The maximum absolute atomic E-state index is 12.7. The largest absolute Gasteiger partial charge is 0.364 e. The molecule has 0 saturated heterocycles. The molecule has 120 valence electrons. The molecule has 5 heteroatoms. The summed E-state index contributed by atoms with van der Waals surface area (Å²) in [5.41, 5.74) is 2.44. The molecule has 1 fully saturated rings. The van der Waals surface area contributed by atoms with Crippen molar-refractivity contribution in [2.45, 2.75) is 51.1 Å². The SMILES string of the molecule is Cc1ccccc1[C@H]1CCc2c([nH]c(=O)n(C3(C)CC3)c2=O)N1. The molecule has 23 heavy (non-hydrogen) atoms. The van der Waals surface area contributed by atoms with E-state index in [-0.39, 0.29) is 22.8 Å². The third kappa shape index (κ3) is 2.22. The van der Waals surface area contributed by atoms with E-state index >= 15 is 0 Å². The van der Waals surface area contributed by atoms with Crippen molar-refractivity contribution in [1.82, 2.24) is 9.55 Å². The van der Waals surface area contributed by atoms with Gasteiger partial charge in [0.05, 0.1) is 17.1 Å². The molecule has 0 bridgehead atoms. The van der Waals surface area contributed by atoms with Crippen molar-refractivity contribution in [3.05, 3.63) is 61.8 Å². The second-order valence-electron chi connectivity index (χ2n) is 7.01. The fourth-order valence-electron chi connectivity index (χ4n) is 3.57. The van der Waals surface area contributed by atoms with Crippen LogP contribution in [0.15, 0.2) is 33.9 Å². The van der Waals surface area contributed by atoms with Gasteiger partial charge in [-0.2, -0.15) is 0 Å². The zero-order valence-corrected chi connectivity index (χ0v) is 13.5. The number of benzene rings is 1. The molecule has 0 unspecified atom stereocenters. The maximum Gasteiger partial charge on any atom is 0.330 e. The maximum atomic E-state index is 12.7. The number of H-pyrrole nitrogens is 1. The number of nitrogens with zero attached hydrogens (tertiary/aromatic N) is 1. The second kappa shape index (κ2) is 4.85. The molecule has 1 aromatic carbocycles. The lowest BCUT2D eigenvalue weighted by atomic mass is 9.93. The number of hydrogen-bond acceptors (Lipinski definition) is 3. The summed E-state index contributed by atoms with van der Waals surface area (Å²) in [4.78, 5) is 28.0. The van der Waals surface area contributed by atoms with Gasteiger partial charge in [0.25, 0.3) is 5.56 Å². The second-order valence-corrected chi connectivity index (χ2v) is 7.01. The van der Waals surface area contributed by atoms with Gasteiger partial charge in [0.1, 0.15) is 5.82 Å². The number of nitrogens with one attached hydrogen (secondary N) is 2. The zero-order chi connectivity index (χ0) is 16.2. The third-order valence-electron chi connectivity index (χ3n) is 5.28. The van der Waals surface area contributed by atoms with E-state index in [1.165, 1.54) is 15.7 Å². The van der Waals surface area contributed by atoms with E-state index < -0.39 is 0 Å². The summed E-state index contributed by atoms with van der Waals surface area (Å²) in [6.07, 6.45) is 3.34. The molecule has 2 aromatic rings. The molecule has 1 aliphatic carbocycles. The van der Waals surface area contributed by atoms with Crippen LogP contribution in [0.5, 0.6) is 0 Å². The Balaban J connectivity index is 1.76. The molecule has 1 aliphatic heterocycles. The van der Waals surface area contributed by atoms with E-state index in [9.17, 15) is 9.59 Å². The lowest BCUT2D eigenvalue weighted by molar-refractivity contribution is 0.477. The summed E-state index contributed by atoms with van der Waals surface area (Å²) in [7, 11) is 0. The molecule has 2 aliphatic rings. The predicted molar refractivity (Wildman–Crippen MR) is 90.1 cm³/mol. The Labute approximate surface area is 134 Å². The summed E-state index contributed by atoms with van der Waals surface area (Å²) in [6, 6.07) is 8.36. The molecule has 0 spiro atoms. The van der Waals surface area contributed by atoms with Gasteiger partial charge in [-0.1, -0.05) is 24.3 Å². The molecule has 1 atom stereocenters. The number of rotatable bonds is 2. The normalized spacial score (nSPS) is 21.4. The highest BCUT2D eigenvalue weighted by molar-refractivity contribution is 5.49. The fraction of sp³-hybridized carbons (Fsp3) is 0.444. The van der Waals surface area contributed by atoms with Crippen LogP contribution in [0.25, 0.3) is 0 Å². The molecule has 0 amide bonds. The molecule has 1 saturated carbocycles. The van der Waals surface area contributed by atoms with Gasteiger partial charge in [-0.05, 0) is 50.7 Å². The first kappa shape index (κ1) is 14.3. The molecule has 1 aromatic heterocycles. The zero-order valence-electron chi connectivity index (χ0n) is 13.5. The van der Waals surface area contributed by atoms with Crippen LogP contribution in [0.2, 0.25) is 0 Å². The Morgan fingerprint density at radius 2 is 1.96 bits per heavy atom. The fourth-order valence-corrected chi connectivity index (χ4v) is 3.57. The van der Waals surface area contributed by atoms with E-state index in [0.29, 0.717) is 17.8 Å². The molecule has 4 rings (SSSR count). The average molecular weight is 311 g/mol. The van der Waals surface area contributed by atoms with E-state index in [4.69, 9.17) is 0 Å². The highest BCUT2D eigenvalue weighted by Crippen LogP contribution is 2.41. The first-order chi connectivity index (χ1) is 11.0. The topological polar surface area (TPSA) is 66.9 Å². The average Bonchev–Trinajstić information content (AvgIpc) is 3.25. The molecular weight excluding hydrogens is 290 g/mol. The van der Waals surface area contributed by atoms with E-state index in [2.05, 4.69) is 29.4 Å². The molecule has 5 nitrogen and oxygen atoms in total. The van der Waals surface area contributed by atoms with Gasteiger partial charge >= 0.3 is 5.69 Å². The van der Waals surface area contributed by atoms with E-state index in [0.717, 1.165) is 19.3 Å². The van der Waals surface area contributed by atoms with Crippen LogP contribution in [-0.2, 0) is 12.0 Å². The van der Waals surface area contributed by atoms with Crippen LogP contribution in [0, 0.1) is 6.92 Å². The van der Waals surface area contributed by atoms with Gasteiger partial charge in [0.15, 0.2) is 0 Å². The lowest BCUT2D eigenvalue weighted by Gasteiger charge is -2.28. The number of hydrogen-bond donors (Lipinski definition) is 2. The smallest absolute Gasteiger partial charge is 0.330 e. The van der Waals surface area contributed by atoms with E-state index in [1.54, 1.807) is 0 Å². The quantitative estimate of drug-likeness (QED) is 0.895. The van der Waals surface area contributed by atoms with Gasteiger partial charge in [-0.25, -0.2) is 4.79 Å². The van der Waals surface area contributed by atoms with Crippen molar-refractivity contribution in [2.75, 3.05) is 5.32 Å². The number of aryl methyl sites for hydroxylation is 1. The Hall–Kier alpha value is -2.30. The number of aromatic nitrogens is 2. The molecule has 0 radical (unpaired) electrons. The van der Waals surface area contributed by atoms with Gasteiger partial charge < -0.3 is 5.32 Å². The monoisotopic (exact) mass is 311 g/mol. The number of aromatic amines is 1. The van der Waals surface area contributed by atoms with Crippen LogP contribution in [0.4, 0.5) is 5.82 Å². The van der Waals surface area contributed by atoms with Crippen LogP contribution < -0.4 is 16.6 Å². The predicted octanol–water partition coefficient (Wildman–Crippen LogP) is 2.45. The van der Waals surface area contributed by atoms with Crippen molar-refractivity contribution >= 4 is 5.82 Å². The summed E-state index contributed by atoms with van der Waals surface area (Å²) in [5, 5.41) is 3.37. The first-order valence-electron chi connectivity index (χ1n) is 8.20. The highest BCUT2D eigenvalue weighted by atomic mass is 16.2. The Kier molecular flexibility index (Phi) is 3.01. The Morgan fingerprint density at radius 3 is 2.65 bits per heavy atom. The lowest BCUT2D eigenvalue weighted by Crippen LogP contribution is -2.44. The van der Waals surface area contributed by atoms with Gasteiger partial charge in [-0.3, -0.25) is 14.3 Å². The van der Waals surface area contributed by atoms with Crippen molar-refractivity contribution in [1.29, 1.82) is 0 Å². The van der Waals surface area contributed by atoms with Crippen LogP contribution >= 0.6 is 0 Å².